The van der Waals surface area contributed by atoms with Gasteiger partial charge in [-0.3, -0.25) is 4.79 Å². The molecule has 21 heavy (non-hydrogen) atoms. The molecule has 0 aliphatic carbocycles. The van der Waals surface area contributed by atoms with Crippen molar-refractivity contribution in [2.75, 3.05) is 0 Å². The Morgan fingerprint density at radius 2 is 1.81 bits per heavy atom. The average Bonchev–Trinajstić information content (AvgIpc) is 2.66. The first-order valence-corrected chi connectivity index (χ1v) is 6.73. The number of alkyl halides is 3. The van der Waals surface area contributed by atoms with E-state index < -0.39 is 16.9 Å². The zero-order valence-electron chi connectivity index (χ0n) is 10.9. The van der Waals surface area contributed by atoms with E-state index in [-0.39, 0.29) is 12.3 Å². The van der Waals surface area contributed by atoms with Crippen molar-refractivity contribution in [3.8, 4) is 5.75 Å². The van der Waals surface area contributed by atoms with E-state index in [9.17, 15) is 22.8 Å². The van der Waals surface area contributed by atoms with E-state index in [2.05, 4.69) is 4.74 Å². The highest BCUT2D eigenvalue weighted by Crippen LogP contribution is 2.22. The van der Waals surface area contributed by atoms with Gasteiger partial charge in [0.05, 0.1) is 6.54 Å². The van der Waals surface area contributed by atoms with Crippen LogP contribution in [0, 0.1) is 0 Å². The maximum Gasteiger partial charge on any atom is 0.573 e. The molecule has 0 spiro atoms. The lowest BCUT2D eigenvalue weighted by Crippen LogP contribution is -2.29. The van der Waals surface area contributed by atoms with Gasteiger partial charge >= 0.3 is 16.9 Å². The summed E-state index contributed by atoms with van der Waals surface area (Å²) in [6.07, 6.45) is -4.75. The third-order valence-corrected chi connectivity index (χ3v) is 3.65. The fourth-order valence-corrected chi connectivity index (χ4v) is 2.44. The van der Waals surface area contributed by atoms with Crippen LogP contribution in [-0.4, -0.2) is 14.9 Å². The van der Waals surface area contributed by atoms with Gasteiger partial charge in [-0.1, -0.05) is 12.1 Å². The first kappa shape index (κ1) is 15.4. The molecule has 1 aromatic heterocycles. The molecule has 0 radical (unpaired) electrons. The van der Waals surface area contributed by atoms with Crippen molar-refractivity contribution in [1.29, 1.82) is 0 Å². The van der Waals surface area contributed by atoms with E-state index in [0.29, 0.717) is 12.1 Å². The lowest BCUT2D eigenvalue weighted by Gasteiger charge is -2.09. The van der Waals surface area contributed by atoms with Crippen LogP contribution in [0.3, 0.4) is 0 Å². The minimum Gasteiger partial charge on any atom is -0.406 e. The number of benzene rings is 1. The number of hydrogen-bond donors (Lipinski definition) is 0. The van der Waals surface area contributed by atoms with Gasteiger partial charge in [-0.2, -0.15) is 0 Å². The Bertz CT molecular complexity index is 728. The topological polar surface area (TPSA) is 53.2 Å². The largest absolute Gasteiger partial charge is 0.573 e. The zero-order valence-corrected chi connectivity index (χ0v) is 11.7. The third kappa shape index (κ3) is 3.75. The Morgan fingerprint density at radius 1 is 1.19 bits per heavy atom. The first-order chi connectivity index (χ1) is 9.80. The molecule has 0 N–H and O–H groups in total. The van der Waals surface area contributed by atoms with E-state index in [1.165, 1.54) is 16.1 Å². The van der Waals surface area contributed by atoms with Crippen LogP contribution in [0.4, 0.5) is 13.2 Å². The molecular formula is C12H11F3N2O3S. The molecule has 0 amide bonds. The second-order valence-corrected chi connectivity index (χ2v) is 5.08. The minimum atomic E-state index is -4.75. The van der Waals surface area contributed by atoms with Crippen LogP contribution in [0.1, 0.15) is 12.5 Å². The summed E-state index contributed by atoms with van der Waals surface area (Å²) in [5.74, 6) is -0.352. The van der Waals surface area contributed by atoms with Gasteiger partial charge in [0.1, 0.15) is 5.75 Å². The van der Waals surface area contributed by atoms with Crippen molar-refractivity contribution in [2.24, 2.45) is 0 Å². The predicted octanol–water partition coefficient (Wildman–Crippen LogP) is 2.04. The predicted molar refractivity (Wildman–Crippen MR) is 70.7 cm³/mol. The maximum atomic E-state index is 12.0. The fraction of sp³-hybridized carbons (Fsp3) is 0.333. The van der Waals surface area contributed by atoms with Gasteiger partial charge in [0.15, 0.2) is 0 Å². The van der Waals surface area contributed by atoms with E-state index in [0.717, 1.165) is 28.2 Å². The number of ether oxygens (including phenoxy) is 1. The van der Waals surface area contributed by atoms with Gasteiger partial charge in [0.2, 0.25) is 0 Å². The standard InChI is InChI=1S/C12H11F3N2O3S/c1-2-17-10(18)16(11(19)21-17)7-8-3-5-9(6-4-8)20-12(13,14)15/h3-6H,2,7H2,1H3. The fourth-order valence-electron chi connectivity index (χ4n) is 1.71. The Morgan fingerprint density at radius 3 is 2.29 bits per heavy atom. The smallest absolute Gasteiger partial charge is 0.406 e. The third-order valence-electron chi connectivity index (χ3n) is 2.64. The zero-order chi connectivity index (χ0) is 15.6. The molecule has 2 rings (SSSR count). The highest BCUT2D eigenvalue weighted by Gasteiger charge is 2.30. The number of halogens is 3. The lowest BCUT2D eigenvalue weighted by atomic mass is 10.2. The quantitative estimate of drug-likeness (QED) is 0.866. The van der Waals surface area contributed by atoms with Crippen LogP contribution >= 0.6 is 11.5 Å². The molecule has 1 aromatic carbocycles. The van der Waals surface area contributed by atoms with Gasteiger partial charge in [-0.25, -0.2) is 13.3 Å². The maximum absolute atomic E-state index is 12.0. The molecule has 2 aromatic rings. The first-order valence-electron chi connectivity index (χ1n) is 5.96. The van der Waals surface area contributed by atoms with Crippen LogP contribution in [0.25, 0.3) is 0 Å². The van der Waals surface area contributed by atoms with Gasteiger partial charge in [0, 0.05) is 18.1 Å². The Labute approximate surface area is 121 Å². The van der Waals surface area contributed by atoms with Crippen molar-refractivity contribution in [3.05, 3.63) is 50.0 Å². The number of aryl methyl sites for hydroxylation is 1. The second-order valence-electron chi connectivity index (χ2n) is 4.11. The summed E-state index contributed by atoms with van der Waals surface area (Å²) in [7, 11) is 0. The second kappa shape index (κ2) is 5.76. The molecule has 0 atom stereocenters. The molecule has 0 aliphatic rings. The molecule has 0 aliphatic heterocycles. The normalized spacial score (nSPS) is 11.6. The molecule has 0 bridgehead atoms. The highest BCUT2D eigenvalue weighted by molar-refractivity contribution is 7.03. The molecule has 0 saturated carbocycles. The van der Waals surface area contributed by atoms with Crippen LogP contribution in [0.5, 0.6) is 5.75 Å². The molecule has 0 saturated heterocycles. The van der Waals surface area contributed by atoms with Crippen molar-refractivity contribution in [3.63, 3.8) is 0 Å². The minimum absolute atomic E-state index is 0.00741. The SMILES string of the molecule is CCn1sc(=O)n(Cc2ccc(OC(F)(F)F)cc2)c1=O. The molecule has 0 fully saturated rings. The van der Waals surface area contributed by atoms with Gasteiger partial charge < -0.3 is 4.74 Å². The molecule has 5 nitrogen and oxygen atoms in total. The van der Waals surface area contributed by atoms with Gasteiger partial charge in [0.25, 0.3) is 0 Å². The monoisotopic (exact) mass is 320 g/mol. The van der Waals surface area contributed by atoms with Crippen LogP contribution < -0.4 is 15.3 Å². The average molecular weight is 320 g/mol. The van der Waals surface area contributed by atoms with E-state index in [1.54, 1.807) is 6.92 Å². The Kier molecular flexibility index (Phi) is 4.21. The Balaban J connectivity index is 2.20. The summed E-state index contributed by atoms with van der Waals surface area (Å²) in [6.45, 7) is 2.14. The van der Waals surface area contributed by atoms with Gasteiger partial charge in [-0.05, 0) is 24.6 Å². The van der Waals surface area contributed by atoms with Crippen molar-refractivity contribution < 1.29 is 17.9 Å². The van der Waals surface area contributed by atoms with E-state index in [4.69, 9.17) is 0 Å². The highest BCUT2D eigenvalue weighted by atomic mass is 32.1. The molecule has 1 heterocycles. The summed E-state index contributed by atoms with van der Waals surface area (Å²) in [5, 5.41) is 0. The molecule has 9 heteroatoms. The summed E-state index contributed by atoms with van der Waals surface area (Å²) in [6, 6.07) is 5.03. The number of hydrogen-bond acceptors (Lipinski definition) is 4. The van der Waals surface area contributed by atoms with Crippen molar-refractivity contribution in [1.82, 2.24) is 8.52 Å². The van der Waals surface area contributed by atoms with Gasteiger partial charge in [-0.15, -0.1) is 13.2 Å². The summed E-state index contributed by atoms with van der Waals surface area (Å²) < 4.78 is 42.2. The van der Waals surface area contributed by atoms with E-state index in [1.807, 2.05) is 0 Å². The van der Waals surface area contributed by atoms with Crippen molar-refractivity contribution in [2.45, 2.75) is 26.4 Å². The van der Waals surface area contributed by atoms with Crippen molar-refractivity contribution >= 4 is 11.5 Å². The number of aromatic nitrogens is 2. The summed E-state index contributed by atoms with van der Waals surface area (Å²) in [5.41, 5.74) is 0.105. The molecule has 114 valence electrons. The lowest BCUT2D eigenvalue weighted by molar-refractivity contribution is -0.274. The van der Waals surface area contributed by atoms with Crippen LogP contribution in [0.2, 0.25) is 0 Å². The summed E-state index contributed by atoms with van der Waals surface area (Å²) in [4.78, 5) is 23.1. The summed E-state index contributed by atoms with van der Waals surface area (Å²) >= 11 is 0.809. The van der Waals surface area contributed by atoms with Crippen LogP contribution in [-0.2, 0) is 13.1 Å². The number of rotatable bonds is 4. The van der Waals surface area contributed by atoms with Crippen LogP contribution in [0.15, 0.2) is 33.9 Å². The Hall–Kier alpha value is -2.03. The molecule has 0 unspecified atom stereocenters. The molecular weight excluding hydrogens is 309 g/mol. The number of nitrogens with zero attached hydrogens (tertiary/aromatic N) is 2. The van der Waals surface area contributed by atoms with E-state index >= 15 is 0 Å².